The summed E-state index contributed by atoms with van der Waals surface area (Å²) in [6, 6.07) is 12.7. The van der Waals surface area contributed by atoms with E-state index in [0.29, 0.717) is 0 Å². The van der Waals surface area contributed by atoms with Crippen molar-refractivity contribution in [3.05, 3.63) is 57.3 Å². The molecular formula is C14H15NS. The number of benzene rings is 1. The van der Waals surface area contributed by atoms with E-state index >= 15 is 0 Å². The Kier molecular flexibility index (Phi) is 2.54. The molecule has 0 fully saturated rings. The number of hydrogen-bond acceptors (Lipinski definition) is 2. The second kappa shape index (κ2) is 4.04. The average Bonchev–Trinajstić information content (AvgIpc) is 2.89. The average molecular weight is 229 g/mol. The first-order chi connectivity index (χ1) is 7.84. The first-order valence-electron chi connectivity index (χ1n) is 5.76. The largest absolute Gasteiger partial charge is 0.320 e. The van der Waals surface area contributed by atoms with Gasteiger partial charge in [0.1, 0.15) is 0 Å². The summed E-state index contributed by atoms with van der Waals surface area (Å²) in [7, 11) is 0. The maximum absolute atomic E-state index is 6.29. The van der Waals surface area contributed by atoms with Gasteiger partial charge in [0.15, 0.2) is 0 Å². The topological polar surface area (TPSA) is 26.0 Å². The minimum Gasteiger partial charge on any atom is -0.320 e. The number of fused-ring (bicyclic) bond motifs is 1. The van der Waals surface area contributed by atoms with Crippen molar-refractivity contribution in [2.24, 2.45) is 5.73 Å². The molecule has 0 saturated heterocycles. The number of rotatable bonds is 2. The minimum absolute atomic E-state index is 0.0526. The molecule has 1 unspecified atom stereocenters. The van der Waals surface area contributed by atoms with E-state index in [1.807, 2.05) is 17.4 Å². The van der Waals surface area contributed by atoms with Gasteiger partial charge >= 0.3 is 0 Å². The van der Waals surface area contributed by atoms with Crippen LogP contribution in [0.2, 0.25) is 0 Å². The number of thiophene rings is 1. The lowest BCUT2D eigenvalue weighted by Crippen LogP contribution is -2.09. The molecule has 0 bridgehead atoms. The van der Waals surface area contributed by atoms with Crippen molar-refractivity contribution in [2.45, 2.75) is 25.3 Å². The Balaban J connectivity index is 1.92. The molecule has 0 amide bonds. The predicted molar refractivity (Wildman–Crippen MR) is 68.8 cm³/mol. The molecule has 1 nitrogen and oxygen atoms in total. The quantitative estimate of drug-likeness (QED) is 0.840. The van der Waals surface area contributed by atoms with E-state index in [1.54, 1.807) is 4.88 Å². The van der Waals surface area contributed by atoms with Crippen molar-refractivity contribution in [3.63, 3.8) is 0 Å². The smallest absolute Gasteiger partial charge is 0.0646 e. The van der Waals surface area contributed by atoms with Gasteiger partial charge < -0.3 is 5.73 Å². The molecule has 0 spiro atoms. The Bertz CT molecular complexity index is 465. The predicted octanol–water partition coefficient (Wildman–Crippen LogP) is 3.28. The maximum atomic E-state index is 6.29. The van der Waals surface area contributed by atoms with Gasteiger partial charge in [0.2, 0.25) is 0 Å². The third kappa shape index (κ3) is 1.68. The first-order valence-corrected chi connectivity index (χ1v) is 6.58. The zero-order valence-electron chi connectivity index (χ0n) is 9.15. The number of hydrogen-bond donors (Lipinski definition) is 1. The lowest BCUT2D eigenvalue weighted by atomic mass is 10.1. The Hall–Kier alpha value is -1.12. The number of aryl methyl sites for hydroxylation is 2. The lowest BCUT2D eigenvalue weighted by Gasteiger charge is -2.09. The van der Waals surface area contributed by atoms with Crippen molar-refractivity contribution < 1.29 is 0 Å². The van der Waals surface area contributed by atoms with E-state index in [2.05, 4.69) is 30.3 Å². The fourth-order valence-corrected chi connectivity index (χ4v) is 3.62. The van der Waals surface area contributed by atoms with Gasteiger partial charge in [-0.3, -0.25) is 0 Å². The van der Waals surface area contributed by atoms with Crippen LogP contribution in [0.1, 0.15) is 33.3 Å². The zero-order chi connectivity index (χ0) is 11.0. The molecule has 1 aromatic carbocycles. The van der Waals surface area contributed by atoms with Gasteiger partial charge in [-0.15, -0.1) is 11.3 Å². The molecular weight excluding hydrogens is 214 g/mol. The van der Waals surface area contributed by atoms with Gasteiger partial charge in [-0.25, -0.2) is 0 Å². The molecule has 16 heavy (non-hydrogen) atoms. The van der Waals surface area contributed by atoms with E-state index in [4.69, 9.17) is 5.73 Å². The summed E-state index contributed by atoms with van der Waals surface area (Å²) < 4.78 is 0. The Labute approximate surface area is 99.9 Å². The van der Waals surface area contributed by atoms with Crippen LogP contribution < -0.4 is 5.73 Å². The highest BCUT2D eigenvalue weighted by molar-refractivity contribution is 7.12. The van der Waals surface area contributed by atoms with Crippen molar-refractivity contribution in [3.8, 4) is 0 Å². The van der Waals surface area contributed by atoms with Gasteiger partial charge in [-0.1, -0.05) is 30.3 Å². The fraction of sp³-hybridized carbons (Fsp3) is 0.286. The molecule has 1 aromatic heterocycles. The highest BCUT2D eigenvalue weighted by atomic mass is 32.1. The normalized spacial score (nSPS) is 16.1. The van der Waals surface area contributed by atoms with Crippen LogP contribution in [0.3, 0.4) is 0 Å². The van der Waals surface area contributed by atoms with Crippen molar-refractivity contribution in [1.29, 1.82) is 0 Å². The van der Waals surface area contributed by atoms with Crippen LogP contribution in [-0.4, -0.2) is 0 Å². The van der Waals surface area contributed by atoms with E-state index in [0.717, 1.165) is 0 Å². The summed E-state index contributed by atoms with van der Waals surface area (Å²) in [4.78, 5) is 2.87. The molecule has 0 saturated carbocycles. The zero-order valence-corrected chi connectivity index (χ0v) is 9.96. The highest BCUT2D eigenvalue weighted by Crippen LogP contribution is 2.34. The Morgan fingerprint density at radius 1 is 1.12 bits per heavy atom. The molecule has 1 aliphatic rings. The van der Waals surface area contributed by atoms with Crippen LogP contribution in [-0.2, 0) is 12.8 Å². The van der Waals surface area contributed by atoms with E-state index in [1.165, 1.54) is 35.3 Å². The SMILES string of the molecule is NC(c1ccccc1)c1cc2c(s1)CCC2. The minimum atomic E-state index is 0.0526. The highest BCUT2D eigenvalue weighted by Gasteiger charge is 2.18. The summed E-state index contributed by atoms with van der Waals surface area (Å²) in [6.07, 6.45) is 3.82. The van der Waals surface area contributed by atoms with Gasteiger partial charge in [0.05, 0.1) is 6.04 Å². The summed E-state index contributed by atoms with van der Waals surface area (Å²) in [5, 5.41) is 0. The molecule has 0 radical (unpaired) electrons. The summed E-state index contributed by atoms with van der Waals surface area (Å²) >= 11 is 1.90. The van der Waals surface area contributed by atoms with Crippen LogP contribution in [0.5, 0.6) is 0 Å². The number of nitrogens with two attached hydrogens (primary N) is 1. The molecule has 2 heteroatoms. The second-order valence-electron chi connectivity index (χ2n) is 4.34. The molecule has 1 heterocycles. The van der Waals surface area contributed by atoms with Gasteiger partial charge in [-0.2, -0.15) is 0 Å². The van der Waals surface area contributed by atoms with Crippen LogP contribution >= 0.6 is 11.3 Å². The Morgan fingerprint density at radius 3 is 2.69 bits per heavy atom. The summed E-state index contributed by atoms with van der Waals surface area (Å²) in [6.45, 7) is 0. The van der Waals surface area contributed by atoms with Gasteiger partial charge in [0, 0.05) is 9.75 Å². The Morgan fingerprint density at radius 2 is 1.94 bits per heavy atom. The summed E-state index contributed by atoms with van der Waals surface area (Å²) in [5.41, 5.74) is 9.03. The standard InChI is InChI=1S/C14H15NS/c15-14(10-5-2-1-3-6-10)13-9-11-7-4-8-12(11)16-13/h1-3,5-6,9,14H,4,7-8,15H2. The monoisotopic (exact) mass is 229 g/mol. The molecule has 3 rings (SSSR count). The molecule has 82 valence electrons. The summed E-state index contributed by atoms with van der Waals surface area (Å²) in [5.74, 6) is 0. The van der Waals surface area contributed by atoms with Crippen molar-refractivity contribution >= 4 is 11.3 Å². The van der Waals surface area contributed by atoms with E-state index < -0.39 is 0 Å². The van der Waals surface area contributed by atoms with Crippen LogP contribution in [0.25, 0.3) is 0 Å². The van der Waals surface area contributed by atoms with Gasteiger partial charge in [-0.05, 0) is 36.5 Å². The van der Waals surface area contributed by atoms with E-state index in [9.17, 15) is 0 Å². The lowest BCUT2D eigenvalue weighted by molar-refractivity contribution is 0.882. The third-order valence-corrected chi connectivity index (χ3v) is 4.55. The van der Waals surface area contributed by atoms with Crippen molar-refractivity contribution in [1.82, 2.24) is 0 Å². The van der Waals surface area contributed by atoms with Gasteiger partial charge in [0.25, 0.3) is 0 Å². The second-order valence-corrected chi connectivity index (χ2v) is 5.51. The maximum Gasteiger partial charge on any atom is 0.0646 e. The van der Waals surface area contributed by atoms with E-state index in [-0.39, 0.29) is 6.04 Å². The molecule has 2 N–H and O–H groups in total. The molecule has 1 atom stereocenters. The third-order valence-electron chi connectivity index (χ3n) is 3.23. The fourth-order valence-electron chi connectivity index (χ4n) is 2.33. The van der Waals surface area contributed by atoms with Crippen LogP contribution in [0, 0.1) is 0 Å². The first kappa shape index (κ1) is 10.1. The van der Waals surface area contributed by atoms with Crippen molar-refractivity contribution in [2.75, 3.05) is 0 Å². The molecule has 0 aliphatic heterocycles. The molecule has 1 aliphatic carbocycles. The van der Waals surface area contributed by atoms with Crippen LogP contribution in [0.4, 0.5) is 0 Å². The molecule has 2 aromatic rings. The van der Waals surface area contributed by atoms with Crippen LogP contribution in [0.15, 0.2) is 36.4 Å².